The maximum absolute atomic E-state index is 13.3. The number of aromatic nitrogens is 2. The van der Waals surface area contributed by atoms with E-state index in [1.165, 1.54) is 18.4 Å². The molecule has 0 amide bonds. The minimum atomic E-state index is -4.45. The van der Waals surface area contributed by atoms with Gasteiger partial charge in [-0.1, -0.05) is 6.07 Å². The van der Waals surface area contributed by atoms with Crippen molar-refractivity contribution in [3.63, 3.8) is 0 Å². The molecule has 0 saturated heterocycles. The monoisotopic (exact) mass is 331 g/mol. The van der Waals surface area contributed by atoms with Gasteiger partial charge in [0.25, 0.3) is 0 Å². The Bertz CT molecular complexity index is 681. The molecule has 0 aromatic carbocycles. The van der Waals surface area contributed by atoms with Crippen molar-refractivity contribution in [3.8, 4) is 0 Å². The number of ether oxygens (including phenoxy) is 1. The highest BCUT2D eigenvalue weighted by atomic mass is 32.1. The Labute approximate surface area is 127 Å². The molecular weight excluding hydrogens is 319 g/mol. The molecule has 0 saturated carbocycles. The minimum absolute atomic E-state index is 0.00185. The van der Waals surface area contributed by atoms with E-state index in [1.807, 2.05) is 0 Å². The van der Waals surface area contributed by atoms with Crippen LogP contribution in [0.15, 0.2) is 23.7 Å². The van der Waals surface area contributed by atoms with Gasteiger partial charge in [-0.2, -0.15) is 18.3 Å². The van der Waals surface area contributed by atoms with Gasteiger partial charge in [0.2, 0.25) is 0 Å². The second-order valence-corrected chi connectivity index (χ2v) is 5.83. The van der Waals surface area contributed by atoms with E-state index in [2.05, 4.69) is 15.2 Å². The van der Waals surface area contributed by atoms with Crippen LogP contribution < -0.4 is 5.32 Å². The van der Waals surface area contributed by atoms with E-state index in [0.29, 0.717) is 0 Å². The lowest BCUT2D eigenvalue weighted by Crippen LogP contribution is -2.35. The summed E-state index contributed by atoms with van der Waals surface area (Å²) in [5.41, 5.74) is -0.00185. The first kappa shape index (κ1) is 14.9. The van der Waals surface area contributed by atoms with Gasteiger partial charge in [0.15, 0.2) is 6.04 Å². The molecule has 2 aromatic rings. The normalized spacial score (nSPS) is 21.1. The topological polar surface area (TPSA) is 56.1 Å². The Balaban J connectivity index is 2.06. The number of alkyl halides is 3. The molecule has 1 aliphatic heterocycles. The van der Waals surface area contributed by atoms with Gasteiger partial charge in [0.05, 0.1) is 19.3 Å². The number of anilines is 1. The van der Waals surface area contributed by atoms with Gasteiger partial charge in [0, 0.05) is 11.3 Å². The van der Waals surface area contributed by atoms with Crippen molar-refractivity contribution < 1.29 is 22.7 Å². The molecule has 22 heavy (non-hydrogen) atoms. The van der Waals surface area contributed by atoms with Crippen LogP contribution in [0, 0.1) is 0 Å². The number of hydrogen-bond acceptors (Lipinski definition) is 5. The Morgan fingerprint density at radius 3 is 2.91 bits per heavy atom. The fraction of sp³-hybridized carbons (Fsp3) is 0.385. The van der Waals surface area contributed by atoms with Gasteiger partial charge in [-0.15, -0.1) is 11.3 Å². The molecule has 9 heteroatoms. The van der Waals surface area contributed by atoms with Gasteiger partial charge in [-0.25, -0.2) is 9.48 Å². The van der Waals surface area contributed by atoms with E-state index in [1.54, 1.807) is 17.5 Å². The first-order valence-electron chi connectivity index (χ1n) is 6.44. The zero-order chi connectivity index (χ0) is 15.9. The number of fused-ring (bicyclic) bond motifs is 1. The molecule has 3 rings (SSSR count). The summed E-state index contributed by atoms with van der Waals surface area (Å²) in [5, 5.41) is 8.50. The summed E-state index contributed by atoms with van der Waals surface area (Å²) in [5.74, 6) is -0.680. The van der Waals surface area contributed by atoms with Crippen molar-refractivity contribution in [1.29, 1.82) is 0 Å². The van der Waals surface area contributed by atoms with Crippen molar-refractivity contribution in [2.45, 2.75) is 24.7 Å². The van der Waals surface area contributed by atoms with E-state index in [0.717, 1.165) is 15.8 Å². The molecule has 5 nitrogen and oxygen atoms in total. The first-order valence-corrected chi connectivity index (χ1v) is 7.32. The number of nitrogens with zero attached hydrogens (tertiary/aromatic N) is 2. The molecule has 118 valence electrons. The maximum Gasteiger partial charge on any atom is 0.410 e. The molecule has 0 aliphatic carbocycles. The predicted molar refractivity (Wildman–Crippen MR) is 74.0 cm³/mol. The van der Waals surface area contributed by atoms with Crippen LogP contribution in [0.3, 0.4) is 0 Å². The highest BCUT2D eigenvalue weighted by Crippen LogP contribution is 2.45. The summed E-state index contributed by atoms with van der Waals surface area (Å²) in [7, 11) is 1.17. The van der Waals surface area contributed by atoms with E-state index in [9.17, 15) is 18.0 Å². The summed E-state index contributed by atoms with van der Waals surface area (Å²) in [6, 6.07) is 1.23. The minimum Gasteiger partial charge on any atom is -0.465 e. The number of rotatable bonds is 2. The Hall–Kier alpha value is -2.03. The van der Waals surface area contributed by atoms with Crippen molar-refractivity contribution in [3.05, 3.63) is 34.2 Å². The van der Waals surface area contributed by atoms with E-state index < -0.39 is 24.2 Å². The maximum atomic E-state index is 13.3. The van der Waals surface area contributed by atoms with Crippen LogP contribution in [0.5, 0.6) is 0 Å². The average molecular weight is 331 g/mol. The lowest BCUT2D eigenvalue weighted by atomic mass is 10.0. The molecule has 2 atom stereocenters. The second kappa shape index (κ2) is 5.31. The number of methoxy groups -OCH3 is 1. The molecular formula is C13H12F3N3O2S. The Morgan fingerprint density at radius 2 is 2.32 bits per heavy atom. The Kier molecular flexibility index (Phi) is 3.59. The molecule has 0 radical (unpaired) electrons. The van der Waals surface area contributed by atoms with Gasteiger partial charge < -0.3 is 10.1 Å². The summed E-state index contributed by atoms with van der Waals surface area (Å²) in [4.78, 5) is 12.5. The number of carbonyl (C=O) groups excluding carboxylic acids is 1. The number of hydrogen-bond donors (Lipinski definition) is 1. The highest BCUT2D eigenvalue weighted by molar-refractivity contribution is 7.10. The molecule has 0 bridgehead atoms. The number of nitrogens with one attached hydrogen (secondary N) is 1. The van der Waals surface area contributed by atoms with E-state index in [-0.39, 0.29) is 17.8 Å². The lowest BCUT2D eigenvalue weighted by Gasteiger charge is -2.33. The largest absolute Gasteiger partial charge is 0.465 e. The van der Waals surface area contributed by atoms with Crippen LogP contribution in [0.25, 0.3) is 0 Å². The molecule has 2 aromatic heterocycles. The third-order valence-electron chi connectivity index (χ3n) is 3.53. The molecule has 3 heterocycles. The van der Waals surface area contributed by atoms with Crippen molar-refractivity contribution >= 4 is 23.1 Å². The molecule has 0 fully saturated rings. The zero-order valence-electron chi connectivity index (χ0n) is 11.4. The quantitative estimate of drug-likeness (QED) is 0.857. The Morgan fingerprint density at radius 1 is 1.55 bits per heavy atom. The average Bonchev–Trinajstić information content (AvgIpc) is 3.13. The van der Waals surface area contributed by atoms with Crippen LogP contribution in [-0.2, 0) is 4.74 Å². The third-order valence-corrected chi connectivity index (χ3v) is 4.52. The SMILES string of the molecule is COC(=O)c1cnn2c1N[C@H](c1cccs1)C[C@@H]2C(F)(F)F. The molecule has 0 unspecified atom stereocenters. The lowest BCUT2D eigenvalue weighted by molar-refractivity contribution is -0.173. The van der Waals surface area contributed by atoms with Crippen LogP contribution >= 0.6 is 11.3 Å². The van der Waals surface area contributed by atoms with Crippen LogP contribution in [0.2, 0.25) is 0 Å². The first-order chi connectivity index (χ1) is 10.4. The number of thiophene rings is 1. The van der Waals surface area contributed by atoms with Crippen molar-refractivity contribution in [2.24, 2.45) is 0 Å². The molecule has 1 N–H and O–H groups in total. The van der Waals surface area contributed by atoms with Crippen molar-refractivity contribution in [1.82, 2.24) is 9.78 Å². The van der Waals surface area contributed by atoms with E-state index in [4.69, 9.17) is 0 Å². The molecule has 1 aliphatic rings. The standard InChI is InChI=1S/C13H12F3N3O2S/c1-21-12(20)7-6-17-19-10(13(14,15)16)5-8(18-11(7)19)9-3-2-4-22-9/h2-4,6,8,10,18H,5H2,1H3/t8-,10+/m0/s1. The van der Waals surface area contributed by atoms with Gasteiger partial charge in [-0.3, -0.25) is 0 Å². The zero-order valence-corrected chi connectivity index (χ0v) is 12.2. The third kappa shape index (κ3) is 2.45. The number of carbonyl (C=O) groups is 1. The number of esters is 1. The fourth-order valence-electron chi connectivity index (χ4n) is 2.50. The fourth-order valence-corrected chi connectivity index (χ4v) is 3.29. The van der Waals surface area contributed by atoms with Crippen LogP contribution in [0.1, 0.15) is 33.7 Å². The number of halogens is 3. The second-order valence-electron chi connectivity index (χ2n) is 4.85. The van der Waals surface area contributed by atoms with Gasteiger partial charge in [0.1, 0.15) is 11.4 Å². The smallest absolute Gasteiger partial charge is 0.410 e. The summed E-state index contributed by atoms with van der Waals surface area (Å²) < 4.78 is 45.4. The van der Waals surface area contributed by atoms with Gasteiger partial charge in [-0.05, 0) is 11.4 Å². The van der Waals surface area contributed by atoms with Gasteiger partial charge >= 0.3 is 12.1 Å². The van der Waals surface area contributed by atoms with Crippen LogP contribution in [-0.4, -0.2) is 29.0 Å². The summed E-state index contributed by atoms with van der Waals surface area (Å²) >= 11 is 1.36. The van der Waals surface area contributed by atoms with Crippen LogP contribution in [0.4, 0.5) is 19.0 Å². The summed E-state index contributed by atoms with van der Waals surface area (Å²) in [6.07, 6.45) is -3.53. The van der Waals surface area contributed by atoms with Crippen molar-refractivity contribution in [2.75, 3.05) is 12.4 Å². The molecule has 0 spiro atoms. The predicted octanol–water partition coefficient (Wildman–Crippen LogP) is 3.39. The highest BCUT2D eigenvalue weighted by Gasteiger charge is 2.47. The summed E-state index contributed by atoms with van der Waals surface area (Å²) in [6.45, 7) is 0. The van der Waals surface area contributed by atoms with E-state index >= 15 is 0 Å².